The van der Waals surface area contributed by atoms with Gasteiger partial charge in [0.2, 0.25) is 0 Å². The molecule has 110 valence electrons. The van der Waals surface area contributed by atoms with Crippen LogP contribution in [-0.2, 0) is 6.42 Å². The molecule has 0 aliphatic heterocycles. The van der Waals surface area contributed by atoms with E-state index < -0.39 is 5.60 Å². The van der Waals surface area contributed by atoms with Crippen molar-refractivity contribution in [3.05, 3.63) is 58.9 Å². The number of hydrogen-bond donors (Lipinski definition) is 2. The van der Waals surface area contributed by atoms with Gasteiger partial charge in [-0.15, -0.1) is 0 Å². The van der Waals surface area contributed by atoms with E-state index in [9.17, 15) is 5.11 Å². The molecule has 0 radical (unpaired) electrons. The summed E-state index contributed by atoms with van der Waals surface area (Å²) in [6.45, 7) is 0. The highest BCUT2D eigenvalue weighted by atomic mass is 16.3. The fourth-order valence-electron chi connectivity index (χ4n) is 3.35. The normalized spacial score (nSPS) is 18.5. The fraction of sp³-hybridized carbons (Fsp3) is 0.316. The zero-order valence-electron chi connectivity index (χ0n) is 12.4. The van der Waals surface area contributed by atoms with Crippen molar-refractivity contribution < 1.29 is 5.11 Å². The van der Waals surface area contributed by atoms with Crippen molar-refractivity contribution in [3.63, 3.8) is 0 Å². The Labute approximate surface area is 130 Å². The number of rotatable bonds is 1. The molecule has 1 aromatic carbocycles. The van der Waals surface area contributed by atoms with Crippen LogP contribution in [0, 0.1) is 11.8 Å². The average Bonchev–Trinajstić information content (AvgIpc) is 3.25. The van der Waals surface area contributed by atoms with E-state index in [4.69, 9.17) is 0 Å². The molecule has 0 saturated heterocycles. The predicted molar refractivity (Wildman–Crippen MR) is 86.1 cm³/mol. The molecule has 0 atom stereocenters. The van der Waals surface area contributed by atoms with Crippen molar-refractivity contribution in [2.75, 3.05) is 0 Å². The van der Waals surface area contributed by atoms with E-state index in [0.717, 1.165) is 43.2 Å². The summed E-state index contributed by atoms with van der Waals surface area (Å²) in [6, 6.07) is 6.32. The van der Waals surface area contributed by atoms with Crippen molar-refractivity contribution >= 4 is 5.57 Å². The summed E-state index contributed by atoms with van der Waals surface area (Å²) < 4.78 is 0. The van der Waals surface area contributed by atoms with Gasteiger partial charge >= 0.3 is 0 Å². The molecule has 1 aromatic heterocycles. The lowest BCUT2D eigenvalue weighted by Crippen LogP contribution is -2.20. The zero-order valence-corrected chi connectivity index (χ0v) is 12.4. The van der Waals surface area contributed by atoms with Crippen LogP contribution in [0.15, 0.2) is 36.7 Å². The number of aliphatic hydroxyl groups is 1. The van der Waals surface area contributed by atoms with E-state index in [1.807, 2.05) is 12.4 Å². The first-order valence-electron chi connectivity index (χ1n) is 7.82. The lowest BCUT2D eigenvalue weighted by molar-refractivity contribution is 0.110. The van der Waals surface area contributed by atoms with Gasteiger partial charge in [-0.1, -0.05) is 24.0 Å². The van der Waals surface area contributed by atoms with Crippen LogP contribution in [0.4, 0.5) is 0 Å². The van der Waals surface area contributed by atoms with Gasteiger partial charge in [-0.3, -0.25) is 5.10 Å². The van der Waals surface area contributed by atoms with Gasteiger partial charge in [0.1, 0.15) is 5.60 Å². The van der Waals surface area contributed by atoms with Gasteiger partial charge < -0.3 is 5.11 Å². The highest BCUT2D eigenvalue weighted by Crippen LogP contribution is 2.33. The van der Waals surface area contributed by atoms with Gasteiger partial charge in [-0.05, 0) is 60.9 Å². The van der Waals surface area contributed by atoms with Crippen LogP contribution in [0.5, 0.6) is 0 Å². The molecule has 0 spiro atoms. The Balaban J connectivity index is 1.66. The SMILES string of the molecule is OC1(C#Cc2ccc3c(c2)C(c2cn[nH]c2)=CC3)CCCC1. The smallest absolute Gasteiger partial charge is 0.125 e. The third-order valence-corrected chi connectivity index (χ3v) is 4.61. The molecule has 3 heteroatoms. The maximum Gasteiger partial charge on any atom is 0.125 e. The van der Waals surface area contributed by atoms with Crippen LogP contribution in [0.25, 0.3) is 5.57 Å². The summed E-state index contributed by atoms with van der Waals surface area (Å²) in [4.78, 5) is 0. The van der Waals surface area contributed by atoms with Crippen LogP contribution < -0.4 is 0 Å². The molecule has 1 fully saturated rings. The monoisotopic (exact) mass is 290 g/mol. The highest BCUT2D eigenvalue weighted by molar-refractivity contribution is 5.84. The topological polar surface area (TPSA) is 48.9 Å². The summed E-state index contributed by atoms with van der Waals surface area (Å²) in [7, 11) is 0. The molecule has 3 nitrogen and oxygen atoms in total. The standard InChI is InChI=1S/C19H18N2O/c22-19(8-1-2-9-19)10-7-14-3-4-15-5-6-17(18(15)11-14)16-12-20-21-13-16/h3-4,6,11-13,22H,1-2,5,8-9H2,(H,20,21). The van der Waals surface area contributed by atoms with E-state index in [1.54, 1.807) is 0 Å². The Bertz CT molecular complexity index is 785. The number of allylic oxidation sites excluding steroid dienone is 1. The number of nitrogens with zero attached hydrogens (tertiary/aromatic N) is 1. The third-order valence-electron chi connectivity index (χ3n) is 4.61. The van der Waals surface area contributed by atoms with Crippen LogP contribution in [0.3, 0.4) is 0 Å². The second-order valence-electron chi connectivity index (χ2n) is 6.17. The van der Waals surface area contributed by atoms with Crippen molar-refractivity contribution in [1.82, 2.24) is 10.2 Å². The third kappa shape index (κ3) is 2.36. The molecule has 2 aromatic rings. The van der Waals surface area contributed by atoms with Crippen molar-refractivity contribution in [2.24, 2.45) is 0 Å². The Morgan fingerprint density at radius 1 is 1.23 bits per heavy atom. The van der Waals surface area contributed by atoms with E-state index >= 15 is 0 Å². The van der Waals surface area contributed by atoms with E-state index in [0.29, 0.717) is 0 Å². The van der Waals surface area contributed by atoms with Crippen molar-refractivity contribution in [2.45, 2.75) is 37.7 Å². The van der Waals surface area contributed by atoms with Gasteiger partial charge in [0.05, 0.1) is 6.20 Å². The summed E-state index contributed by atoms with van der Waals surface area (Å²) in [5.41, 5.74) is 5.07. The van der Waals surface area contributed by atoms with Gasteiger partial charge in [-0.25, -0.2) is 0 Å². The molecule has 22 heavy (non-hydrogen) atoms. The zero-order chi connectivity index (χ0) is 15.0. The van der Waals surface area contributed by atoms with Crippen LogP contribution >= 0.6 is 0 Å². The van der Waals surface area contributed by atoms with Gasteiger partial charge in [-0.2, -0.15) is 5.10 Å². The molecular formula is C19H18N2O. The number of H-pyrrole nitrogens is 1. The summed E-state index contributed by atoms with van der Waals surface area (Å²) in [5, 5.41) is 17.3. The maximum absolute atomic E-state index is 10.4. The molecule has 0 bridgehead atoms. The van der Waals surface area contributed by atoms with Crippen LogP contribution in [0.2, 0.25) is 0 Å². The van der Waals surface area contributed by atoms with E-state index in [1.165, 1.54) is 16.7 Å². The van der Waals surface area contributed by atoms with Crippen LogP contribution in [0.1, 0.15) is 47.9 Å². The highest BCUT2D eigenvalue weighted by Gasteiger charge is 2.28. The van der Waals surface area contributed by atoms with Crippen molar-refractivity contribution in [3.8, 4) is 11.8 Å². The summed E-state index contributed by atoms with van der Waals surface area (Å²) >= 11 is 0. The Hall–Kier alpha value is -2.31. The lowest BCUT2D eigenvalue weighted by Gasteiger charge is -2.13. The number of fused-ring (bicyclic) bond motifs is 1. The van der Waals surface area contributed by atoms with Gasteiger partial charge in [0, 0.05) is 17.3 Å². The second-order valence-corrected chi connectivity index (χ2v) is 6.17. The van der Waals surface area contributed by atoms with Crippen LogP contribution in [-0.4, -0.2) is 20.9 Å². The van der Waals surface area contributed by atoms with E-state index in [-0.39, 0.29) is 0 Å². The average molecular weight is 290 g/mol. The number of aromatic amines is 1. The molecule has 1 saturated carbocycles. The minimum atomic E-state index is -0.776. The number of benzene rings is 1. The summed E-state index contributed by atoms with van der Waals surface area (Å²) in [6.07, 6.45) is 10.7. The molecule has 2 aliphatic carbocycles. The Morgan fingerprint density at radius 2 is 2.09 bits per heavy atom. The molecule has 2 N–H and O–H groups in total. The Kier molecular flexibility index (Phi) is 3.13. The first-order chi connectivity index (χ1) is 10.7. The molecule has 1 heterocycles. The molecule has 0 amide bonds. The number of nitrogens with one attached hydrogen (secondary N) is 1. The lowest BCUT2D eigenvalue weighted by atomic mass is 9.98. The quantitative estimate of drug-likeness (QED) is 0.793. The van der Waals surface area contributed by atoms with Crippen molar-refractivity contribution in [1.29, 1.82) is 0 Å². The van der Waals surface area contributed by atoms with E-state index in [2.05, 4.69) is 46.3 Å². The molecule has 0 unspecified atom stereocenters. The maximum atomic E-state index is 10.4. The first-order valence-corrected chi connectivity index (χ1v) is 7.82. The molecule has 2 aliphatic rings. The predicted octanol–water partition coefficient (Wildman–Crippen LogP) is 3.05. The molecule has 4 rings (SSSR count). The van der Waals surface area contributed by atoms with Gasteiger partial charge in [0.25, 0.3) is 0 Å². The number of hydrogen-bond acceptors (Lipinski definition) is 2. The number of aromatic nitrogens is 2. The van der Waals surface area contributed by atoms with Gasteiger partial charge in [0.15, 0.2) is 0 Å². The minimum Gasteiger partial charge on any atom is -0.378 e. The minimum absolute atomic E-state index is 0.776. The second kappa shape index (κ2) is 5.15. The Morgan fingerprint density at radius 3 is 2.86 bits per heavy atom. The first kappa shape index (κ1) is 13.4. The summed E-state index contributed by atoms with van der Waals surface area (Å²) in [5.74, 6) is 6.25. The fourth-order valence-corrected chi connectivity index (χ4v) is 3.35. The molecular weight excluding hydrogens is 272 g/mol. The largest absolute Gasteiger partial charge is 0.378 e.